The molecular weight excluding hydrogens is 383 g/mol. The number of nitrogen functional groups attached to an aromatic ring is 3. The lowest BCUT2D eigenvalue weighted by Gasteiger charge is -2.27. The second kappa shape index (κ2) is 7.19. The molecular formula is C20H20F3N5O. The first kappa shape index (κ1) is 20.3. The molecule has 0 aliphatic heterocycles. The van der Waals surface area contributed by atoms with Crippen molar-refractivity contribution in [2.24, 2.45) is 11.5 Å². The van der Waals surface area contributed by atoms with Crippen LogP contribution in [0.15, 0.2) is 60.7 Å². The topological polar surface area (TPSA) is 139 Å². The highest BCUT2D eigenvalue weighted by molar-refractivity contribution is 5.79. The Labute approximate surface area is 165 Å². The number of anilines is 3. The minimum Gasteiger partial charge on any atom is -0.456 e. The normalized spacial score (nSPS) is 12.0. The van der Waals surface area contributed by atoms with Crippen molar-refractivity contribution < 1.29 is 17.9 Å². The first-order valence-corrected chi connectivity index (χ1v) is 8.47. The summed E-state index contributed by atoms with van der Waals surface area (Å²) >= 11 is 0. The van der Waals surface area contributed by atoms with E-state index < -0.39 is 17.6 Å². The zero-order chi connectivity index (χ0) is 21.4. The highest BCUT2D eigenvalue weighted by atomic mass is 19.4. The summed E-state index contributed by atoms with van der Waals surface area (Å²) in [4.78, 5) is 0. The molecule has 0 fully saturated rings. The molecule has 0 saturated heterocycles. The van der Waals surface area contributed by atoms with E-state index in [1.807, 2.05) is 0 Å². The maximum atomic E-state index is 12.7. The van der Waals surface area contributed by atoms with Crippen molar-refractivity contribution in [3.8, 4) is 16.9 Å². The van der Waals surface area contributed by atoms with E-state index >= 15 is 0 Å². The van der Waals surface area contributed by atoms with Gasteiger partial charge in [-0.3, -0.25) is 11.5 Å². The van der Waals surface area contributed by atoms with Gasteiger partial charge in [-0.2, -0.15) is 13.2 Å². The van der Waals surface area contributed by atoms with E-state index in [0.717, 1.165) is 12.1 Å². The van der Waals surface area contributed by atoms with Gasteiger partial charge in [0, 0.05) is 17.7 Å². The summed E-state index contributed by atoms with van der Waals surface area (Å²) < 4.78 is 43.7. The van der Waals surface area contributed by atoms with Crippen LogP contribution in [0.4, 0.5) is 30.2 Å². The Morgan fingerprint density at radius 3 is 1.48 bits per heavy atom. The molecule has 6 nitrogen and oxygen atoms in total. The van der Waals surface area contributed by atoms with Gasteiger partial charge in [-0.15, -0.1) is 0 Å². The third kappa shape index (κ3) is 4.36. The van der Waals surface area contributed by atoms with Crippen LogP contribution in [0.3, 0.4) is 0 Å². The van der Waals surface area contributed by atoms with Crippen LogP contribution in [-0.2, 0) is 12.0 Å². The van der Waals surface area contributed by atoms with Crippen molar-refractivity contribution in [1.29, 1.82) is 0 Å². The molecule has 0 amide bonds. The number of ether oxygens (including phenoxy) is 1. The first-order chi connectivity index (χ1) is 13.5. The van der Waals surface area contributed by atoms with E-state index in [1.54, 1.807) is 24.3 Å². The fraction of sp³-hybridized carbons (Fsp3) is 0.100. The summed E-state index contributed by atoms with van der Waals surface area (Å²) in [5.41, 5.74) is 31.1. The number of hydrogen-bond donors (Lipinski definition) is 5. The third-order valence-corrected chi connectivity index (χ3v) is 4.39. The van der Waals surface area contributed by atoms with Gasteiger partial charge in [0.25, 0.3) is 0 Å². The highest BCUT2D eigenvalue weighted by Crippen LogP contribution is 2.33. The molecule has 0 atom stereocenters. The molecule has 0 aliphatic rings. The van der Waals surface area contributed by atoms with Crippen LogP contribution in [0.2, 0.25) is 0 Å². The van der Waals surface area contributed by atoms with E-state index in [1.165, 1.54) is 24.3 Å². The molecule has 0 radical (unpaired) electrons. The molecule has 9 heteroatoms. The molecule has 0 aromatic heterocycles. The molecule has 0 saturated carbocycles. The fourth-order valence-electron chi connectivity index (χ4n) is 2.76. The number of rotatable bonds is 4. The van der Waals surface area contributed by atoms with Crippen LogP contribution in [0.1, 0.15) is 11.1 Å². The molecule has 3 aromatic rings. The maximum absolute atomic E-state index is 12.7. The monoisotopic (exact) mass is 403 g/mol. The molecule has 3 rings (SSSR count). The zero-order valence-corrected chi connectivity index (χ0v) is 15.2. The molecule has 0 bridgehead atoms. The van der Waals surface area contributed by atoms with Crippen LogP contribution < -0.4 is 33.4 Å². The van der Waals surface area contributed by atoms with Crippen molar-refractivity contribution in [2.45, 2.75) is 12.0 Å². The second-order valence-electron chi connectivity index (χ2n) is 6.56. The lowest BCUT2D eigenvalue weighted by molar-refractivity contribution is -0.137. The standard InChI is InChI=1S/C20H20F3N5O/c21-19(22,23)13-5-1-11(2-6-13)12-3-7-14(8-4-12)20(27,28)29-15-9-16(24)18(26)17(25)10-15/h1-10H,24-28H2. The Morgan fingerprint density at radius 1 is 0.655 bits per heavy atom. The zero-order valence-electron chi connectivity index (χ0n) is 15.2. The summed E-state index contributed by atoms with van der Waals surface area (Å²) in [6.07, 6.45) is -4.38. The Hall–Kier alpha value is -3.43. The van der Waals surface area contributed by atoms with Crippen LogP contribution in [0.5, 0.6) is 5.75 Å². The van der Waals surface area contributed by atoms with Gasteiger partial charge in [-0.1, -0.05) is 36.4 Å². The molecule has 29 heavy (non-hydrogen) atoms. The van der Waals surface area contributed by atoms with Crippen molar-refractivity contribution in [3.05, 3.63) is 71.8 Å². The molecule has 0 unspecified atom stereocenters. The molecule has 3 aromatic carbocycles. The van der Waals surface area contributed by atoms with Gasteiger partial charge < -0.3 is 21.9 Å². The van der Waals surface area contributed by atoms with Crippen LogP contribution in [-0.4, -0.2) is 0 Å². The summed E-state index contributed by atoms with van der Waals surface area (Å²) in [5, 5.41) is 0. The Balaban J connectivity index is 1.81. The van der Waals surface area contributed by atoms with E-state index in [0.29, 0.717) is 16.7 Å². The molecule has 10 N–H and O–H groups in total. The van der Waals surface area contributed by atoms with Gasteiger partial charge in [0.2, 0.25) is 5.85 Å². The molecule has 152 valence electrons. The number of nitrogens with two attached hydrogens (primary N) is 5. The average Bonchev–Trinajstić information content (AvgIpc) is 2.65. The lowest BCUT2D eigenvalue weighted by Crippen LogP contribution is -2.51. The van der Waals surface area contributed by atoms with Crippen LogP contribution >= 0.6 is 0 Å². The fourth-order valence-corrected chi connectivity index (χ4v) is 2.76. The second-order valence-corrected chi connectivity index (χ2v) is 6.56. The lowest BCUT2D eigenvalue weighted by atomic mass is 10.0. The Morgan fingerprint density at radius 2 is 1.07 bits per heavy atom. The van der Waals surface area contributed by atoms with Gasteiger partial charge in [-0.05, 0) is 23.3 Å². The van der Waals surface area contributed by atoms with Crippen molar-refractivity contribution >= 4 is 17.1 Å². The molecule has 0 aliphatic carbocycles. The molecule has 0 spiro atoms. The van der Waals surface area contributed by atoms with Gasteiger partial charge in [-0.25, -0.2) is 0 Å². The maximum Gasteiger partial charge on any atom is 0.416 e. The van der Waals surface area contributed by atoms with E-state index in [-0.39, 0.29) is 22.8 Å². The summed E-state index contributed by atoms with van der Waals surface area (Å²) in [6, 6.07) is 14.4. The largest absolute Gasteiger partial charge is 0.456 e. The van der Waals surface area contributed by atoms with Crippen LogP contribution in [0.25, 0.3) is 11.1 Å². The Bertz CT molecular complexity index is 993. The number of alkyl halides is 3. The van der Waals surface area contributed by atoms with Crippen molar-refractivity contribution in [2.75, 3.05) is 17.2 Å². The summed E-state index contributed by atoms with van der Waals surface area (Å²) in [7, 11) is 0. The SMILES string of the molecule is Nc1cc(OC(N)(N)c2ccc(-c3ccc(C(F)(F)F)cc3)cc2)cc(N)c1N. The summed E-state index contributed by atoms with van der Waals surface area (Å²) in [6.45, 7) is 0. The van der Waals surface area contributed by atoms with Crippen LogP contribution in [0, 0.1) is 0 Å². The predicted octanol–water partition coefficient (Wildman–Crippen LogP) is 3.23. The van der Waals surface area contributed by atoms with Gasteiger partial charge in [0.1, 0.15) is 5.75 Å². The average molecular weight is 403 g/mol. The van der Waals surface area contributed by atoms with Crippen molar-refractivity contribution in [3.63, 3.8) is 0 Å². The van der Waals surface area contributed by atoms with Crippen molar-refractivity contribution in [1.82, 2.24) is 0 Å². The minimum atomic E-state index is -4.38. The quantitative estimate of drug-likeness (QED) is 0.335. The number of hydrogen-bond acceptors (Lipinski definition) is 6. The Kier molecular flexibility index (Phi) is 5.04. The summed E-state index contributed by atoms with van der Waals surface area (Å²) in [5.74, 6) is -1.46. The van der Waals surface area contributed by atoms with E-state index in [9.17, 15) is 13.2 Å². The van der Waals surface area contributed by atoms with Gasteiger partial charge in [0.05, 0.1) is 22.6 Å². The third-order valence-electron chi connectivity index (χ3n) is 4.39. The van der Waals surface area contributed by atoms with Gasteiger partial charge in [0.15, 0.2) is 0 Å². The number of halogens is 3. The minimum absolute atomic E-state index is 0.230. The molecule has 0 heterocycles. The number of benzene rings is 3. The van der Waals surface area contributed by atoms with E-state index in [2.05, 4.69) is 0 Å². The van der Waals surface area contributed by atoms with E-state index in [4.69, 9.17) is 33.4 Å². The smallest absolute Gasteiger partial charge is 0.416 e. The first-order valence-electron chi connectivity index (χ1n) is 8.47. The predicted molar refractivity (Wildman–Crippen MR) is 107 cm³/mol. The van der Waals surface area contributed by atoms with Gasteiger partial charge >= 0.3 is 6.18 Å². The highest BCUT2D eigenvalue weighted by Gasteiger charge is 2.30.